The zero-order chi connectivity index (χ0) is 15.5. The van der Waals surface area contributed by atoms with Gasteiger partial charge in [0.05, 0.1) is 13.2 Å². The topological polar surface area (TPSA) is 41.5 Å². The van der Waals surface area contributed by atoms with Gasteiger partial charge >= 0.3 is 0 Å². The van der Waals surface area contributed by atoms with Crippen LogP contribution in [-0.2, 0) is 6.54 Å². The van der Waals surface area contributed by atoms with Gasteiger partial charge < -0.3 is 15.2 Å². The van der Waals surface area contributed by atoms with E-state index >= 15 is 0 Å². The summed E-state index contributed by atoms with van der Waals surface area (Å²) in [6.07, 6.45) is 4.92. The Morgan fingerprint density at radius 3 is 2.38 bits per heavy atom. The summed E-state index contributed by atoms with van der Waals surface area (Å²) in [4.78, 5) is 0. The van der Waals surface area contributed by atoms with Crippen molar-refractivity contribution in [1.82, 2.24) is 5.32 Å². The van der Waals surface area contributed by atoms with Crippen molar-refractivity contribution < 1.29 is 9.84 Å². The van der Waals surface area contributed by atoms with Crippen LogP contribution in [0.5, 0.6) is 5.75 Å². The van der Waals surface area contributed by atoms with Crippen LogP contribution in [0.2, 0.25) is 0 Å². The second kappa shape index (κ2) is 10.6. The molecule has 1 aromatic rings. The van der Waals surface area contributed by atoms with E-state index in [9.17, 15) is 5.11 Å². The third-order valence-corrected chi connectivity index (χ3v) is 3.76. The molecule has 3 nitrogen and oxygen atoms in total. The Morgan fingerprint density at radius 2 is 1.81 bits per heavy atom. The fourth-order valence-electron chi connectivity index (χ4n) is 2.18. The Hall–Kier alpha value is -1.06. The van der Waals surface area contributed by atoms with Gasteiger partial charge in [-0.3, -0.25) is 0 Å². The molecule has 0 saturated carbocycles. The van der Waals surface area contributed by atoms with Crippen LogP contribution >= 0.6 is 0 Å². The number of benzene rings is 1. The van der Waals surface area contributed by atoms with E-state index in [0.717, 1.165) is 25.3 Å². The lowest BCUT2D eigenvalue weighted by molar-refractivity contribution is 0.210. The molecule has 1 aromatic carbocycles. The molecule has 1 rings (SSSR count). The van der Waals surface area contributed by atoms with Crippen molar-refractivity contribution >= 4 is 0 Å². The van der Waals surface area contributed by atoms with Gasteiger partial charge in [-0.1, -0.05) is 52.2 Å². The maximum atomic E-state index is 9.29. The minimum Gasteiger partial charge on any atom is -0.494 e. The van der Waals surface area contributed by atoms with Crippen molar-refractivity contribution in [2.75, 3.05) is 13.2 Å². The molecule has 0 bridgehead atoms. The molecule has 0 aliphatic heterocycles. The summed E-state index contributed by atoms with van der Waals surface area (Å²) in [5, 5.41) is 12.7. The molecular weight excluding hydrogens is 262 g/mol. The molecule has 0 fully saturated rings. The van der Waals surface area contributed by atoms with Gasteiger partial charge in [-0.15, -0.1) is 0 Å². The average molecular weight is 293 g/mol. The summed E-state index contributed by atoms with van der Waals surface area (Å²) >= 11 is 0. The van der Waals surface area contributed by atoms with E-state index in [-0.39, 0.29) is 12.6 Å². The monoisotopic (exact) mass is 293 g/mol. The van der Waals surface area contributed by atoms with Gasteiger partial charge in [-0.25, -0.2) is 0 Å². The Labute approximate surface area is 129 Å². The van der Waals surface area contributed by atoms with E-state index in [4.69, 9.17) is 4.74 Å². The van der Waals surface area contributed by atoms with Gasteiger partial charge in [-0.05, 0) is 30.0 Å². The first-order valence-corrected chi connectivity index (χ1v) is 8.23. The summed E-state index contributed by atoms with van der Waals surface area (Å²) in [6, 6.07) is 8.38. The Morgan fingerprint density at radius 1 is 1.10 bits per heavy atom. The maximum Gasteiger partial charge on any atom is 0.119 e. The number of ether oxygens (including phenoxy) is 1. The normalized spacial score (nSPS) is 12.6. The first-order valence-electron chi connectivity index (χ1n) is 8.23. The van der Waals surface area contributed by atoms with Crippen LogP contribution in [0.15, 0.2) is 24.3 Å². The summed E-state index contributed by atoms with van der Waals surface area (Å²) in [5.74, 6) is 1.37. The van der Waals surface area contributed by atoms with Crippen LogP contribution in [0.25, 0.3) is 0 Å². The molecular formula is C18H31NO2. The van der Waals surface area contributed by atoms with Crippen LogP contribution in [0.1, 0.15) is 52.0 Å². The SMILES string of the molecule is CCCCCCOc1ccc(CNC(CO)C(C)C)cc1. The number of hydrogen-bond acceptors (Lipinski definition) is 3. The first-order chi connectivity index (χ1) is 10.2. The number of rotatable bonds is 11. The smallest absolute Gasteiger partial charge is 0.119 e. The predicted molar refractivity (Wildman–Crippen MR) is 88.6 cm³/mol. The Kier molecular flexibility index (Phi) is 9.11. The molecule has 0 radical (unpaired) electrons. The summed E-state index contributed by atoms with van der Waals surface area (Å²) < 4.78 is 5.73. The van der Waals surface area contributed by atoms with Gasteiger partial charge in [-0.2, -0.15) is 0 Å². The van der Waals surface area contributed by atoms with Crippen LogP contribution in [0, 0.1) is 5.92 Å². The van der Waals surface area contributed by atoms with Crippen molar-refractivity contribution in [3.63, 3.8) is 0 Å². The van der Waals surface area contributed by atoms with Crippen LogP contribution < -0.4 is 10.1 Å². The zero-order valence-corrected chi connectivity index (χ0v) is 13.8. The van der Waals surface area contributed by atoms with Gasteiger partial charge in [0.2, 0.25) is 0 Å². The largest absolute Gasteiger partial charge is 0.494 e. The minimum atomic E-state index is 0.152. The van der Waals surface area contributed by atoms with Crippen LogP contribution in [-0.4, -0.2) is 24.4 Å². The van der Waals surface area contributed by atoms with Crippen molar-refractivity contribution in [3.05, 3.63) is 29.8 Å². The van der Waals surface area contributed by atoms with Gasteiger partial charge in [0, 0.05) is 12.6 Å². The Bertz CT molecular complexity index is 362. The van der Waals surface area contributed by atoms with Crippen LogP contribution in [0.4, 0.5) is 0 Å². The molecule has 0 heterocycles. The number of unbranched alkanes of at least 4 members (excludes halogenated alkanes) is 3. The van der Waals surface area contributed by atoms with E-state index in [1.807, 2.05) is 12.1 Å². The van der Waals surface area contributed by atoms with Crippen molar-refractivity contribution in [3.8, 4) is 5.75 Å². The lowest BCUT2D eigenvalue weighted by atomic mass is 10.1. The minimum absolute atomic E-state index is 0.152. The molecule has 21 heavy (non-hydrogen) atoms. The number of hydrogen-bond donors (Lipinski definition) is 2. The molecule has 1 unspecified atom stereocenters. The molecule has 120 valence electrons. The summed E-state index contributed by atoms with van der Waals surface area (Å²) in [5.41, 5.74) is 1.22. The second-order valence-corrected chi connectivity index (χ2v) is 5.97. The molecule has 0 saturated heterocycles. The van der Waals surface area contributed by atoms with E-state index in [2.05, 4.69) is 38.2 Å². The van der Waals surface area contributed by atoms with Gasteiger partial charge in [0.25, 0.3) is 0 Å². The fourth-order valence-corrected chi connectivity index (χ4v) is 2.18. The van der Waals surface area contributed by atoms with Gasteiger partial charge in [0.1, 0.15) is 5.75 Å². The first kappa shape index (κ1) is 18.0. The molecule has 0 aliphatic rings. The zero-order valence-electron chi connectivity index (χ0n) is 13.8. The molecule has 0 amide bonds. The molecule has 0 aliphatic carbocycles. The van der Waals surface area contributed by atoms with Crippen molar-refractivity contribution in [2.24, 2.45) is 5.92 Å². The maximum absolute atomic E-state index is 9.29. The summed E-state index contributed by atoms with van der Waals surface area (Å²) in [7, 11) is 0. The number of aliphatic hydroxyl groups is 1. The molecule has 0 spiro atoms. The molecule has 2 N–H and O–H groups in total. The second-order valence-electron chi connectivity index (χ2n) is 5.97. The predicted octanol–water partition coefficient (Wildman–Crippen LogP) is 3.75. The molecule has 3 heteroatoms. The Balaban J connectivity index is 2.29. The number of nitrogens with one attached hydrogen (secondary N) is 1. The highest BCUT2D eigenvalue weighted by Crippen LogP contribution is 2.13. The van der Waals surface area contributed by atoms with Gasteiger partial charge in [0.15, 0.2) is 0 Å². The highest BCUT2D eigenvalue weighted by atomic mass is 16.5. The van der Waals surface area contributed by atoms with Crippen LogP contribution in [0.3, 0.4) is 0 Å². The summed E-state index contributed by atoms with van der Waals surface area (Å²) in [6.45, 7) is 8.20. The lowest BCUT2D eigenvalue weighted by Crippen LogP contribution is -2.36. The number of aliphatic hydroxyl groups excluding tert-OH is 1. The molecule has 0 aromatic heterocycles. The quantitative estimate of drug-likeness (QED) is 0.611. The third kappa shape index (κ3) is 7.49. The third-order valence-electron chi connectivity index (χ3n) is 3.76. The highest BCUT2D eigenvalue weighted by molar-refractivity contribution is 5.27. The van der Waals surface area contributed by atoms with E-state index in [1.54, 1.807) is 0 Å². The fraction of sp³-hybridized carbons (Fsp3) is 0.667. The molecule has 1 atom stereocenters. The average Bonchev–Trinajstić information content (AvgIpc) is 2.49. The van der Waals surface area contributed by atoms with Crippen molar-refractivity contribution in [2.45, 2.75) is 59.0 Å². The van der Waals surface area contributed by atoms with E-state index in [1.165, 1.54) is 24.8 Å². The standard InChI is InChI=1S/C18H31NO2/c1-4-5-6-7-12-21-17-10-8-16(9-11-17)13-19-18(14-20)15(2)3/h8-11,15,18-20H,4-7,12-14H2,1-3H3. The van der Waals surface area contributed by atoms with Crippen molar-refractivity contribution in [1.29, 1.82) is 0 Å². The van der Waals surface area contributed by atoms with E-state index < -0.39 is 0 Å². The highest BCUT2D eigenvalue weighted by Gasteiger charge is 2.10. The lowest BCUT2D eigenvalue weighted by Gasteiger charge is -2.20. The van der Waals surface area contributed by atoms with E-state index in [0.29, 0.717) is 5.92 Å².